The zero-order valence-corrected chi connectivity index (χ0v) is 14.0. The van der Waals surface area contributed by atoms with Crippen LogP contribution >= 0.6 is 0 Å². The van der Waals surface area contributed by atoms with E-state index in [0.29, 0.717) is 17.9 Å². The smallest absolute Gasteiger partial charge is 0.331 e. The van der Waals surface area contributed by atoms with Crippen LogP contribution in [-0.2, 0) is 9.59 Å². The lowest BCUT2D eigenvalue weighted by molar-refractivity contribution is -0.130. The third-order valence-corrected chi connectivity index (χ3v) is 3.85. The molecule has 1 saturated heterocycles. The first-order chi connectivity index (χ1) is 11.6. The second-order valence-corrected chi connectivity index (χ2v) is 5.61. The van der Waals surface area contributed by atoms with E-state index in [-0.39, 0.29) is 5.57 Å². The molecule has 1 aromatic carbocycles. The highest BCUT2D eigenvalue weighted by molar-refractivity contribution is 6.30. The number of urea groups is 1. The molecule has 6 nitrogen and oxygen atoms in total. The third-order valence-electron chi connectivity index (χ3n) is 3.85. The first kappa shape index (κ1) is 17.7. The topological polar surface area (TPSA) is 75.7 Å². The number of carbonyl (C=O) groups is 3. The minimum absolute atomic E-state index is 0.0322. The molecule has 1 heterocycles. The zero-order chi connectivity index (χ0) is 17.5. The SMILES string of the molecule is CCCCCCN1C(=O)NC(=O)/C(=C\c2ccc(OC)cc2)C1=O. The Morgan fingerprint density at radius 3 is 2.42 bits per heavy atom. The Morgan fingerprint density at radius 2 is 1.79 bits per heavy atom. The molecule has 0 bridgehead atoms. The van der Waals surface area contributed by atoms with Crippen LogP contribution in [0, 0.1) is 0 Å². The number of nitrogens with zero attached hydrogens (tertiary/aromatic N) is 1. The lowest BCUT2D eigenvalue weighted by atomic mass is 10.1. The molecule has 1 aliphatic heterocycles. The van der Waals surface area contributed by atoms with Crippen molar-refractivity contribution in [1.82, 2.24) is 10.2 Å². The summed E-state index contributed by atoms with van der Waals surface area (Å²) in [4.78, 5) is 37.5. The minimum Gasteiger partial charge on any atom is -0.497 e. The molecular formula is C18H22N2O4. The normalized spacial score (nSPS) is 16.5. The number of carbonyl (C=O) groups excluding carboxylic acids is 3. The molecule has 0 aromatic heterocycles. The number of rotatable bonds is 7. The molecule has 6 heteroatoms. The molecule has 1 fully saturated rings. The van der Waals surface area contributed by atoms with Gasteiger partial charge in [-0.25, -0.2) is 4.79 Å². The number of nitrogens with one attached hydrogen (secondary N) is 1. The van der Waals surface area contributed by atoms with Gasteiger partial charge in [-0.15, -0.1) is 0 Å². The Morgan fingerprint density at radius 1 is 1.08 bits per heavy atom. The van der Waals surface area contributed by atoms with Gasteiger partial charge >= 0.3 is 6.03 Å². The number of barbiturate groups is 1. The monoisotopic (exact) mass is 330 g/mol. The second kappa shape index (κ2) is 8.29. The summed E-state index contributed by atoms with van der Waals surface area (Å²) in [5.74, 6) is -0.522. The summed E-state index contributed by atoms with van der Waals surface area (Å²) in [5, 5.41) is 2.23. The fraction of sp³-hybridized carbons (Fsp3) is 0.389. The van der Waals surface area contributed by atoms with Gasteiger partial charge in [-0.2, -0.15) is 0 Å². The Balaban J connectivity index is 2.15. The van der Waals surface area contributed by atoms with E-state index in [9.17, 15) is 14.4 Å². The predicted molar refractivity (Wildman–Crippen MR) is 90.4 cm³/mol. The van der Waals surface area contributed by atoms with Crippen LogP contribution in [0.25, 0.3) is 6.08 Å². The van der Waals surface area contributed by atoms with Crippen LogP contribution in [0.4, 0.5) is 4.79 Å². The molecule has 0 aliphatic carbocycles. The molecule has 24 heavy (non-hydrogen) atoms. The molecule has 2 rings (SSSR count). The molecular weight excluding hydrogens is 308 g/mol. The molecule has 0 radical (unpaired) electrons. The van der Waals surface area contributed by atoms with Crippen LogP contribution in [0.3, 0.4) is 0 Å². The summed E-state index contributed by atoms with van der Waals surface area (Å²) >= 11 is 0. The molecule has 1 aliphatic rings. The molecule has 0 saturated carbocycles. The van der Waals surface area contributed by atoms with Crippen LogP contribution in [-0.4, -0.2) is 36.4 Å². The summed E-state index contributed by atoms with van der Waals surface area (Å²) in [6, 6.07) is 6.33. The molecule has 4 amide bonds. The van der Waals surface area contributed by atoms with Gasteiger partial charge in [-0.05, 0) is 30.2 Å². The van der Waals surface area contributed by atoms with Crippen molar-refractivity contribution in [2.24, 2.45) is 0 Å². The van der Waals surface area contributed by atoms with Crippen molar-refractivity contribution in [1.29, 1.82) is 0 Å². The minimum atomic E-state index is -0.661. The maximum atomic E-state index is 12.5. The number of hydrogen-bond acceptors (Lipinski definition) is 4. The largest absolute Gasteiger partial charge is 0.497 e. The standard InChI is InChI=1S/C18H22N2O4/c1-3-4-5-6-11-20-17(22)15(16(21)19-18(20)23)12-13-7-9-14(24-2)10-8-13/h7-10,12H,3-6,11H2,1-2H3,(H,19,21,23)/b15-12+. The van der Waals surface area contributed by atoms with Gasteiger partial charge in [-0.1, -0.05) is 38.3 Å². The molecule has 128 valence electrons. The van der Waals surface area contributed by atoms with Crippen LogP contribution < -0.4 is 10.1 Å². The van der Waals surface area contributed by atoms with Crippen molar-refractivity contribution in [3.05, 3.63) is 35.4 Å². The number of imide groups is 2. The van der Waals surface area contributed by atoms with Crippen molar-refractivity contribution in [3.63, 3.8) is 0 Å². The van der Waals surface area contributed by atoms with Crippen molar-refractivity contribution in [3.8, 4) is 5.75 Å². The van der Waals surface area contributed by atoms with E-state index >= 15 is 0 Å². The predicted octanol–water partition coefficient (Wildman–Crippen LogP) is 2.74. The molecule has 1 N–H and O–H groups in total. The number of methoxy groups -OCH3 is 1. The second-order valence-electron chi connectivity index (χ2n) is 5.61. The quantitative estimate of drug-likeness (QED) is 0.474. The number of unbranched alkanes of at least 4 members (excludes halogenated alkanes) is 3. The lowest BCUT2D eigenvalue weighted by Gasteiger charge is -2.26. The Kier molecular flexibility index (Phi) is 6.12. The first-order valence-corrected chi connectivity index (χ1v) is 8.09. The van der Waals surface area contributed by atoms with Gasteiger partial charge in [0.1, 0.15) is 11.3 Å². The highest BCUT2D eigenvalue weighted by Gasteiger charge is 2.35. The van der Waals surface area contributed by atoms with Gasteiger partial charge in [-0.3, -0.25) is 19.8 Å². The van der Waals surface area contributed by atoms with Crippen LogP contribution in [0.1, 0.15) is 38.2 Å². The Labute approximate surface area is 141 Å². The number of amides is 4. The van der Waals surface area contributed by atoms with E-state index in [0.717, 1.165) is 30.6 Å². The fourth-order valence-electron chi connectivity index (χ4n) is 2.46. The van der Waals surface area contributed by atoms with Crippen molar-refractivity contribution >= 4 is 23.9 Å². The average molecular weight is 330 g/mol. The van der Waals surface area contributed by atoms with E-state index in [2.05, 4.69) is 12.2 Å². The van der Waals surface area contributed by atoms with E-state index < -0.39 is 17.8 Å². The van der Waals surface area contributed by atoms with Gasteiger partial charge in [0.25, 0.3) is 11.8 Å². The van der Waals surface area contributed by atoms with Gasteiger partial charge in [0.15, 0.2) is 0 Å². The average Bonchev–Trinajstić information content (AvgIpc) is 2.58. The maximum Gasteiger partial charge on any atom is 0.331 e. The van der Waals surface area contributed by atoms with Crippen molar-refractivity contribution in [2.45, 2.75) is 32.6 Å². The summed E-state index contributed by atoms with van der Waals surface area (Å²) in [5.41, 5.74) is 0.657. The van der Waals surface area contributed by atoms with Crippen LogP contribution in [0.5, 0.6) is 5.75 Å². The van der Waals surface area contributed by atoms with Gasteiger partial charge in [0, 0.05) is 6.54 Å². The molecule has 0 atom stereocenters. The highest BCUT2D eigenvalue weighted by Crippen LogP contribution is 2.18. The van der Waals surface area contributed by atoms with Gasteiger partial charge in [0.05, 0.1) is 7.11 Å². The number of benzene rings is 1. The Bertz CT molecular complexity index is 649. The van der Waals surface area contributed by atoms with Crippen molar-refractivity contribution < 1.29 is 19.1 Å². The van der Waals surface area contributed by atoms with E-state index in [1.807, 2.05) is 0 Å². The number of hydrogen-bond donors (Lipinski definition) is 1. The number of ether oxygens (including phenoxy) is 1. The molecule has 0 unspecified atom stereocenters. The van der Waals surface area contributed by atoms with E-state index in [4.69, 9.17) is 4.74 Å². The first-order valence-electron chi connectivity index (χ1n) is 8.09. The molecule has 0 spiro atoms. The summed E-state index contributed by atoms with van der Waals surface area (Å²) in [6.07, 6.45) is 5.29. The fourth-order valence-corrected chi connectivity index (χ4v) is 2.46. The van der Waals surface area contributed by atoms with Crippen molar-refractivity contribution in [2.75, 3.05) is 13.7 Å². The van der Waals surface area contributed by atoms with Crippen LogP contribution in [0.15, 0.2) is 29.8 Å². The Hall–Kier alpha value is -2.63. The van der Waals surface area contributed by atoms with Gasteiger partial charge in [0.2, 0.25) is 0 Å². The van der Waals surface area contributed by atoms with E-state index in [1.165, 1.54) is 6.08 Å². The highest BCUT2D eigenvalue weighted by atomic mass is 16.5. The molecule has 1 aromatic rings. The van der Waals surface area contributed by atoms with Crippen LogP contribution in [0.2, 0.25) is 0 Å². The van der Waals surface area contributed by atoms with Gasteiger partial charge < -0.3 is 4.74 Å². The third kappa shape index (κ3) is 4.22. The summed E-state index contributed by atoms with van der Waals surface area (Å²) in [7, 11) is 1.56. The van der Waals surface area contributed by atoms with E-state index in [1.54, 1.807) is 31.4 Å². The summed E-state index contributed by atoms with van der Waals surface area (Å²) < 4.78 is 5.08. The maximum absolute atomic E-state index is 12.5. The zero-order valence-electron chi connectivity index (χ0n) is 14.0. The lowest BCUT2D eigenvalue weighted by Crippen LogP contribution is -2.54. The summed E-state index contributed by atoms with van der Waals surface area (Å²) in [6.45, 7) is 2.41.